The summed E-state index contributed by atoms with van der Waals surface area (Å²) >= 11 is 0. The number of benzene rings is 2. The third-order valence-corrected chi connectivity index (χ3v) is 7.05. The summed E-state index contributed by atoms with van der Waals surface area (Å²) in [5.41, 5.74) is -0.719. The van der Waals surface area contributed by atoms with Crippen molar-refractivity contribution in [2.75, 3.05) is 20.3 Å². The van der Waals surface area contributed by atoms with Crippen molar-refractivity contribution >= 4 is 11.0 Å². The molecule has 5 rings (SSSR count). The highest BCUT2D eigenvalue weighted by Gasteiger charge is 2.44. The number of rotatable bonds is 8. The third kappa shape index (κ3) is 5.56. The van der Waals surface area contributed by atoms with E-state index in [2.05, 4.69) is 0 Å². The molecule has 2 aliphatic heterocycles. The maximum atomic E-state index is 13.2. The molecule has 228 valence electrons. The highest BCUT2D eigenvalue weighted by atomic mass is 16.7. The van der Waals surface area contributed by atoms with E-state index in [0.717, 1.165) is 12.1 Å². The van der Waals surface area contributed by atoms with E-state index in [9.17, 15) is 45.6 Å². The van der Waals surface area contributed by atoms with Crippen molar-refractivity contribution in [1.29, 1.82) is 0 Å². The molecule has 8 N–H and O–H groups in total. The van der Waals surface area contributed by atoms with Gasteiger partial charge in [0.25, 0.3) is 0 Å². The van der Waals surface area contributed by atoms with Crippen molar-refractivity contribution in [1.82, 2.24) is 0 Å². The number of phenolic OH excluding ortho intramolecular Hbond substituents is 3. The van der Waals surface area contributed by atoms with Crippen LogP contribution < -0.4 is 14.9 Å². The summed E-state index contributed by atoms with van der Waals surface area (Å²) in [6, 6.07) is 6.02. The van der Waals surface area contributed by atoms with Gasteiger partial charge in [-0.2, -0.15) is 0 Å². The van der Waals surface area contributed by atoms with E-state index in [1.165, 1.54) is 25.3 Å². The topological polar surface area (TPSA) is 238 Å². The Morgan fingerprint density at radius 2 is 1.67 bits per heavy atom. The highest BCUT2D eigenvalue weighted by Crippen LogP contribution is 2.39. The molecule has 0 amide bonds. The van der Waals surface area contributed by atoms with Crippen molar-refractivity contribution in [2.45, 2.75) is 55.6 Å². The molecule has 2 fully saturated rings. The number of aliphatic hydroxyl groups excluding tert-OH is 5. The Kier molecular flexibility index (Phi) is 8.45. The van der Waals surface area contributed by atoms with E-state index in [4.69, 9.17) is 28.1 Å². The smallest absolute Gasteiger partial charge is 0.239 e. The molecule has 0 spiro atoms. The number of hydrogen-bond acceptors (Lipinski definition) is 15. The Morgan fingerprint density at radius 1 is 0.905 bits per heavy atom. The van der Waals surface area contributed by atoms with E-state index in [0.29, 0.717) is 0 Å². The maximum Gasteiger partial charge on any atom is 0.239 e. The van der Waals surface area contributed by atoms with Gasteiger partial charge in [-0.1, -0.05) is 0 Å². The number of fused-ring (bicyclic) bond motifs is 1. The molecule has 42 heavy (non-hydrogen) atoms. The number of ether oxygens (including phenoxy) is 5. The molecule has 8 atom stereocenters. The van der Waals surface area contributed by atoms with Crippen LogP contribution in [-0.4, -0.2) is 110 Å². The van der Waals surface area contributed by atoms with E-state index in [-0.39, 0.29) is 46.8 Å². The molecular formula is C27H30O15. The molecule has 3 aromatic rings. The minimum Gasteiger partial charge on any atom is -0.507 e. The predicted molar refractivity (Wildman–Crippen MR) is 139 cm³/mol. The number of aliphatic hydroxyl groups is 5. The van der Waals surface area contributed by atoms with Gasteiger partial charge in [0, 0.05) is 24.1 Å². The van der Waals surface area contributed by atoms with E-state index in [1.807, 2.05) is 0 Å². The molecular weight excluding hydrogens is 564 g/mol. The molecule has 3 heterocycles. The summed E-state index contributed by atoms with van der Waals surface area (Å²) in [6.07, 6.45) is -10.4. The van der Waals surface area contributed by atoms with Gasteiger partial charge in [0.15, 0.2) is 23.5 Å². The van der Waals surface area contributed by atoms with Crippen molar-refractivity contribution in [3.05, 3.63) is 40.6 Å². The van der Waals surface area contributed by atoms with Gasteiger partial charge in [0.1, 0.15) is 46.9 Å². The van der Waals surface area contributed by atoms with Crippen LogP contribution >= 0.6 is 0 Å². The molecule has 2 aliphatic rings. The van der Waals surface area contributed by atoms with Gasteiger partial charge < -0.3 is 69.0 Å². The first-order valence-corrected chi connectivity index (χ1v) is 12.8. The minimum absolute atomic E-state index is 0.0870. The second kappa shape index (κ2) is 11.9. The predicted octanol–water partition coefficient (Wildman–Crippen LogP) is -0.743. The standard InChI is InChI=1S/C27H30O15/c1-37-25-22(35)19-15(31)5-11(7-17(19)41-24(25)10-2-3-13(29)14(30)4-10)39-27-20(33)16(32)6-12(40-27)9-38-26-23(36)21(34)18(8-28)42-26/h2-5,7,12,16,18,20-21,23,26-34,36H,6,8-9H2,1H3/t12-,16-,18-,20+,21-,23+,26+,27+/m0/s1. The lowest BCUT2D eigenvalue weighted by atomic mass is 10.0. The summed E-state index contributed by atoms with van der Waals surface area (Å²) in [5.74, 6) is -1.93. The van der Waals surface area contributed by atoms with Crippen LogP contribution in [0.25, 0.3) is 22.3 Å². The molecule has 0 unspecified atom stereocenters. The lowest BCUT2D eigenvalue weighted by Gasteiger charge is -2.37. The monoisotopic (exact) mass is 594 g/mol. The minimum atomic E-state index is -1.54. The molecule has 0 bridgehead atoms. The van der Waals surface area contributed by atoms with Crippen LogP contribution in [0.3, 0.4) is 0 Å². The Balaban J connectivity index is 1.39. The van der Waals surface area contributed by atoms with Gasteiger partial charge in [0.2, 0.25) is 17.5 Å². The molecule has 0 saturated carbocycles. The summed E-state index contributed by atoms with van der Waals surface area (Å²) < 4.78 is 33.2. The molecule has 15 heteroatoms. The molecule has 2 saturated heterocycles. The van der Waals surface area contributed by atoms with Gasteiger partial charge in [0.05, 0.1) is 32.5 Å². The van der Waals surface area contributed by atoms with Gasteiger partial charge in [-0.05, 0) is 18.2 Å². The van der Waals surface area contributed by atoms with Crippen molar-refractivity contribution < 1.29 is 69.0 Å². The zero-order chi connectivity index (χ0) is 30.3. The maximum absolute atomic E-state index is 13.2. The van der Waals surface area contributed by atoms with E-state index >= 15 is 0 Å². The number of methoxy groups -OCH3 is 1. The van der Waals surface area contributed by atoms with Crippen molar-refractivity contribution in [3.63, 3.8) is 0 Å². The highest BCUT2D eigenvalue weighted by molar-refractivity contribution is 5.88. The SMILES string of the molecule is COc1c(-c2ccc(O)c(O)c2)oc2cc(O[C@@H]3O[C@H](CO[C@@H]4O[C@@H](CO)[C@H](O)[C@H]4O)C[C@H](O)[C@H]3O)cc(O)c2c1=O. The molecule has 2 aromatic carbocycles. The van der Waals surface area contributed by atoms with Gasteiger partial charge >= 0.3 is 0 Å². The molecule has 1 aromatic heterocycles. The van der Waals surface area contributed by atoms with Crippen LogP contribution in [-0.2, 0) is 14.2 Å². The van der Waals surface area contributed by atoms with Crippen LogP contribution in [0.4, 0.5) is 0 Å². The Hall–Kier alpha value is -3.67. The van der Waals surface area contributed by atoms with Crippen LogP contribution in [0.2, 0.25) is 0 Å². The zero-order valence-corrected chi connectivity index (χ0v) is 22.1. The molecule has 0 aliphatic carbocycles. The summed E-state index contributed by atoms with van der Waals surface area (Å²) in [7, 11) is 1.22. The molecule has 0 radical (unpaired) electrons. The van der Waals surface area contributed by atoms with E-state index in [1.54, 1.807) is 0 Å². The fourth-order valence-electron chi connectivity index (χ4n) is 4.83. The second-order valence-corrected chi connectivity index (χ2v) is 9.89. The van der Waals surface area contributed by atoms with Gasteiger partial charge in [-0.3, -0.25) is 4.79 Å². The quantitative estimate of drug-likeness (QED) is 0.150. The number of aromatic hydroxyl groups is 3. The van der Waals surface area contributed by atoms with Crippen LogP contribution in [0.1, 0.15) is 6.42 Å². The average Bonchev–Trinajstić information content (AvgIpc) is 3.23. The number of phenols is 3. The fraction of sp³-hybridized carbons (Fsp3) is 0.444. The summed E-state index contributed by atoms with van der Waals surface area (Å²) in [4.78, 5) is 13.2. The fourth-order valence-corrected chi connectivity index (χ4v) is 4.83. The van der Waals surface area contributed by atoms with Gasteiger partial charge in [-0.25, -0.2) is 0 Å². The first-order chi connectivity index (χ1) is 20.0. The van der Waals surface area contributed by atoms with E-state index < -0.39 is 78.5 Å². The van der Waals surface area contributed by atoms with Gasteiger partial charge in [-0.15, -0.1) is 0 Å². The van der Waals surface area contributed by atoms with Crippen LogP contribution in [0.5, 0.6) is 28.7 Å². The Morgan fingerprint density at radius 3 is 2.33 bits per heavy atom. The average molecular weight is 595 g/mol. The second-order valence-electron chi connectivity index (χ2n) is 9.89. The lowest BCUT2D eigenvalue weighted by molar-refractivity contribution is -0.258. The first-order valence-electron chi connectivity index (χ1n) is 12.8. The number of hydrogen-bond donors (Lipinski definition) is 8. The third-order valence-electron chi connectivity index (χ3n) is 7.05. The van der Waals surface area contributed by atoms with Crippen LogP contribution in [0, 0.1) is 0 Å². The zero-order valence-electron chi connectivity index (χ0n) is 22.1. The largest absolute Gasteiger partial charge is 0.507 e. The van der Waals surface area contributed by atoms with Crippen molar-refractivity contribution in [2.24, 2.45) is 0 Å². The normalized spacial score (nSPS) is 29.6. The summed E-state index contributed by atoms with van der Waals surface area (Å²) in [6.45, 7) is -0.792. The summed E-state index contributed by atoms with van der Waals surface area (Å²) in [5, 5.41) is 80.1. The molecule has 15 nitrogen and oxygen atoms in total. The first kappa shape index (κ1) is 29.8. The van der Waals surface area contributed by atoms with Crippen molar-refractivity contribution in [3.8, 4) is 40.1 Å². The van der Waals surface area contributed by atoms with Crippen LogP contribution in [0.15, 0.2) is 39.5 Å². The Labute approximate surface area is 236 Å². The Bertz CT molecular complexity index is 1490. The lowest BCUT2D eigenvalue weighted by Crippen LogP contribution is -2.52.